The van der Waals surface area contributed by atoms with Crippen molar-refractivity contribution in [1.29, 1.82) is 0 Å². The Morgan fingerprint density at radius 3 is 2.94 bits per heavy atom. The summed E-state index contributed by atoms with van der Waals surface area (Å²) in [7, 11) is 1.69. The van der Waals surface area contributed by atoms with Crippen molar-refractivity contribution in [1.82, 2.24) is 0 Å². The Labute approximate surface area is 106 Å². The number of hydrogen-bond donors (Lipinski definition) is 1. The molecule has 2 aromatic carbocycles. The van der Waals surface area contributed by atoms with E-state index in [0.29, 0.717) is 0 Å². The van der Waals surface area contributed by atoms with Crippen LogP contribution in [0.1, 0.15) is 0 Å². The molecule has 0 fully saturated rings. The van der Waals surface area contributed by atoms with Crippen molar-refractivity contribution in [2.24, 2.45) is 0 Å². The first-order valence-electron chi connectivity index (χ1n) is 6.02. The van der Waals surface area contributed by atoms with E-state index in [-0.39, 0.29) is 0 Å². The highest BCUT2D eigenvalue weighted by molar-refractivity contribution is 5.76. The van der Waals surface area contributed by atoms with Crippen LogP contribution in [0.4, 0.5) is 5.69 Å². The Hall–Kier alpha value is -2.16. The first kappa shape index (κ1) is 11.0. The summed E-state index contributed by atoms with van der Waals surface area (Å²) < 4.78 is 11.0. The van der Waals surface area contributed by atoms with Crippen molar-refractivity contribution < 1.29 is 9.47 Å². The molecule has 1 N–H and O–H groups in total. The summed E-state index contributed by atoms with van der Waals surface area (Å²) in [6.07, 6.45) is 0. The Kier molecular flexibility index (Phi) is 2.81. The van der Waals surface area contributed by atoms with Gasteiger partial charge >= 0.3 is 0 Å². The van der Waals surface area contributed by atoms with Gasteiger partial charge in [0.1, 0.15) is 18.1 Å². The first-order chi connectivity index (χ1) is 8.88. The van der Waals surface area contributed by atoms with E-state index in [1.807, 2.05) is 24.3 Å². The lowest BCUT2D eigenvalue weighted by atomic mass is 10.0. The van der Waals surface area contributed by atoms with E-state index in [0.717, 1.165) is 41.5 Å². The Morgan fingerprint density at radius 1 is 1.17 bits per heavy atom. The van der Waals surface area contributed by atoms with Crippen molar-refractivity contribution in [2.75, 3.05) is 25.6 Å². The number of fused-ring (bicyclic) bond motifs is 1. The van der Waals surface area contributed by atoms with Gasteiger partial charge in [0, 0.05) is 12.1 Å². The minimum atomic E-state index is 0.723. The van der Waals surface area contributed by atoms with Gasteiger partial charge in [-0.3, -0.25) is 0 Å². The third kappa shape index (κ3) is 1.88. The third-order valence-electron chi connectivity index (χ3n) is 3.07. The fourth-order valence-corrected chi connectivity index (χ4v) is 2.19. The average Bonchev–Trinajstić information content (AvgIpc) is 2.46. The molecular formula is C15H15NO2. The predicted molar refractivity (Wildman–Crippen MR) is 72.4 cm³/mol. The molecule has 3 nitrogen and oxygen atoms in total. The quantitative estimate of drug-likeness (QED) is 0.876. The average molecular weight is 241 g/mol. The molecular weight excluding hydrogens is 226 g/mol. The standard InChI is InChI=1S/C15H15NO2/c1-17-14-5-3-2-4-12(14)11-6-7-15-13(10-11)16-8-9-18-15/h2-7,10,16H,8-9H2,1H3. The van der Waals surface area contributed by atoms with E-state index in [9.17, 15) is 0 Å². The fourth-order valence-electron chi connectivity index (χ4n) is 2.19. The van der Waals surface area contributed by atoms with Gasteiger partial charge in [0.25, 0.3) is 0 Å². The lowest BCUT2D eigenvalue weighted by Gasteiger charge is -2.20. The van der Waals surface area contributed by atoms with Crippen LogP contribution in [0.15, 0.2) is 42.5 Å². The molecule has 3 rings (SSSR count). The summed E-state index contributed by atoms with van der Waals surface area (Å²) in [6, 6.07) is 14.2. The van der Waals surface area contributed by atoms with Crippen LogP contribution in [-0.2, 0) is 0 Å². The van der Waals surface area contributed by atoms with Crippen LogP contribution in [-0.4, -0.2) is 20.3 Å². The smallest absolute Gasteiger partial charge is 0.142 e. The summed E-state index contributed by atoms with van der Waals surface area (Å²) in [6.45, 7) is 1.57. The SMILES string of the molecule is COc1ccccc1-c1ccc2c(c1)NCCO2. The molecule has 18 heavy (non-hydrogen) atoms. The van der Waals surface area contributed by atoms with Gasteiger partial charge in [-0.2, -0.15) is 0 Å². The Balaban J connectivity index is 2.06. The third-order valence-corrected chi connectivity index (χ3v) is 3.07. The van der Waals surface area contributed by atoms with Gasteiger partial charge < -0.3 is 14.8 Å². The highest BCUT2D eigenvalue weighted by atomic mass is 16.5. The maximum Gasteiger partial charge on any atom is 0.142 e. The molecule has 0 saturated carbocycles. The molecule has 0 unspecified atom stereocenters. The summed E-state index contributed by atoms with van der Waals surface area (Å²) in [5.41, 5.74) is 3.27. The molecule has 2 aromatic rings. The topological polar surface area (TPSA) is 30.5 Å². The Bertz CT molecular complexity index is 566. The largest absolute Gasteiger partial charge is 0.496 e. The molecule has 0 amide bonds. The molecule has 0 aromatic heterocycles. The molecule has 1 aliphatic rings. The van der Waals surface area contributed by atoms with E-state index >= 15 is 0 Å². The van der Waals surface area contributed by atoms with E-state index < -0.39 is 0 Å². The van der Waals surface area contributed by atoms with E-state index in [1.54, 1.807) is 7.11 Å². The molecule has 92 valence electrons. The lowest BCUT2D eigenvalue weighted by Crippen LogP contribution is -2.17. The van der Waals surface area contributed by atoms with Gasteiger partial charge in [0.15, 0.2) is 0 Å². The maximum absolute atomic E-state index is 5.58. The summed E-state index contributed by atoms with van der Waals surface area (Å²) in [5, 5.41) is 3.34. The highest BCUT2D eigenvalue weighted by Crippen LogP contribution is 2.35. The molecule has 0 radical (unpaired) electrons. The molecule has 3 heteroatoms. The second-order valence-corrected chi connectivity index (χ2v) is 4.19. The second kappa shape index (κ2) is 4.61. The van der Waals surface area contributed by atoms with Crippen molar-refractivity contribution in [3.63, 3.8) is 0 Å². The molecule has 0 spiro atoms. The van der Waals surface area contributed by atoms with Crippen molar-refractivity contribution in [3.05, 3.63) is 42.5 Å². The lowest BCUT2D eigenvalue weighted by molar-refractivity contribution is 0.323. The number of nitrogens with one attached hydrogen (secondary N) is 1. The van der Waals surface area contributed by atoms with Crippen molar-refractivity contribution in [3.8, 4) is 22.6 Å². The molecule has 0 saturated heterocycles. The van der Waals surface area contributed by atoms with Crippen LogP contribution in [0.3, 0.4) is 0 Å². The van der Waals surface area contributed by atoms with Gasteiger partial charge in [0.05, 0.1) is 12.8 Å². The highest BCUT2D eigenvalue weighted by Gasteiger charge is 2.12. The first-order valence-corrected chi connectivity index (χ1v) is 6.02. The zero-order chi connectivity index (χ0) is 12.4. The van der Waals surface area contributed by atoms with Crippen molar-refractivity contribution in [2.45, 2.75) is 0 Å². The second-order valence-electron chi connectivity index (χ2n) is 4.19. The molecule has 0 bridgehead atoms. The zero-order valence-corrected chi connectivity index (χ0v) is 10.3. The normalized spacial score (nSPS) is 13.2. The minimum absolute atomic E-state index is 0.723. The van der Waals surface area contributed by atoms with Crippen LogP contribution in [0, 0.1) is 0 Å². The fraction of sp³-hybridized carbons (Fsp3) is 0.200. The molecule has 0 atom stereocenters. The van der Waals surface area contributed by atoms with E-state index in [2.05, 4.69) is 23.5 Å². The van der Waals surface area contributed by atoms with E-state index in [1.165, 1.54) is 0 Å². The summed E-state index contributed by atoms with van der Waals surface area (Å²) in [4.78, 5) is 0. The minimum Gasteiger partial charge on any atom is -0.496 e. The number of anilines is 1. The van der Waals surface area contributed by atoms with Gasteiger partial charge in [-0.05, 0) is 23.8 Å². The summed E-state index contributed by atoms with van der Waals surface area (Å²) >= 11 is 0. The van der Waals surface area contributed by atoms with Gasteiger partial charge in [0.2, 0.25) is 0 Å². The van der Waals surface area contributed by atoms with Gasteiger partial charge in [-0.15, -0.1) is 0 Å². The number of ether oxygens (including phenoxy) is 2. The van der Waals surface area contributed by atoms with Crippen LogP contribution in [0.5, 0.6) is 11.5 Å². The number of benzene rings is 2. The van der Waals surface area contributed by atoms with Crippen molar-refractivity contribution >= 4 is 5.69 Å². The molecule has 0 aliphatic carbocycles. The van der Waals surface area contributed by atoms with Crippen LogP contribution < -0.4 is 14.8 Å². The number of hydrogen-bond acceptors (Lipinski definition) is 3. The number of rotatable bonds is 2. The number of para-hydroxylation sites is 1. The van der Waals surface area contributed by atoms with Gasteiger partial charge in [-0.1, -0.05) is 24.3 Å². The van der Waals surface area contributed by atoms with E-state index in [4.69, 9.17) is 9.47 Å². The number of methoxy groups -OCH3 is 1. The monoisotopic (exact) mass is 241 g/mol. The zero-order valence-electron chi connectivity index (χ0n) is 10.3. The predicted octanol–water partition coefficient (Wildman–Crippen LogP) is 3.17. The van der Waals surface area contributed by atoms with Crippen LogP contribution in [0.25, 0.3) is 11.1 Å². The molecule has 1 aliphatic heterocycles. The maximum atomic E-state index is 5.58. The van der Waals surface area contributed by atoms with Gasteiger partial charge in [-0.25, -0.2) is 0 Å². The van der Waals surface area contributed by atoms with Crippen LogP contribution in [0.2, 0.25) is 0 Å². The van der Waals surface area contributed by atoms with Crippen LogP contribution >= 0.6 is 0 Å². The Morgan fingerprint density at radius 2 is 2.06 bits per heavy atom. The molecule has 1 heterocycles. The summed E-state index contributed by atoms with van der Waals surface area (Å²) in [5.74, 6) is 1.80.